The summed E-state index contributed by atoms with van der Waals surface area (Å²) in [5.41, 5.74) is 0.523. The van der Waals surface area contributed by atoms with Gasteiger partial charge in [0.2, 0.25) is 0 Å². The lowest BCUT2D eigenvalue weighted by atomic mass is 9.64. The molecule has 0 aromatic heterocycles. The van der Waals surface area contributed by atoms with Gasteiger partial charge in [0.05, 0.1) is 11.8 Å². The van der Waals surface area contributed by atoms with Gasteiger partial charge < -0.3 is 10.1 Å². The van der Waals surface area contributed by atoms with Crippen LogP contribution in [0.1, 0.15) is 27.2 Å². The normalized spacial score (nSPS) is 25.6. The first-order chi connectivity index (χ1) is 8.45. The van der Waals surface area contributed by atoms with E-state index in [-0.39, 0.29) is 23.4 Å². The number of rotatable bonds is 4. The Kier molecular flexibility index (Phi) is 3.83. The summed E-state index contributed by atoms with van der Waals surface area (Å²) in [6, 6.07) is 4.93. The Labute approximate surface area is 112 Å². The molecular weight excluding hydrogens is 253 g/mol. The van der Waals surface area contributed by atoms with E-state index in [9.17, 15) is 4.39 Å². The molecule has 1 aromatic carbocycles. The molecule has 0 aliphatic heterocycles. The van der Waals surface area contributed by atoms with Crippen molar-refractivity contribution in [1.82, 2.24) is 0 Å². The van der Waals surface area contributed by atoms with Crippen LogP contribution in [0, 0.1) is 11.2 Å². The second-order valence-electron chi connectivity index (χ2n) is 5.32. The van der Waals surface area contributed by atoms with E-state index < -0.39 is 0 Å². The number of benzene rings is 1. The Morgan fingerprint density at radius 3 is 2.78 bits per heavy atom. The summed E-state index contributed by atoms with van der Waals surface area (Å²) in [5, 5.41) is 3.65. The van der Waals surface area contributed by atoms with E-state index in [4.69, 9.17) is 16.3 Å². The van der Waals surface area contributed by atoms with Gasteiger partial charge in [0.1, 0.15) is 5.82 Å². The van der Waals surface area contributed by atoms with E-state index in [1.807, 2.05) is 6.92 Å². The first kappa shape index (κ1) is 13.6. The molecule has 0 amide bonds. The fourth-order valence-electron chi connectivity index (χ4n) is 2.41. The highest BCUT2D eigenvalue weighted by Crippen LogP contribution is 2.44. The summed E-state index contributed by atoms with van der Waals surface area (Å²) in [6.45, 7) is 7.00. The van der Waals surface area contributed by atoms with E-state index >= 15 is 0 Å². The molecule has 2 rings (SSSR count). The van der Waals surface area contributed by atoms with E-state index in [0.29, 0.717) is 10.7 Å². The van der Waals surface area contributed by atoms with Crippen molar-refractivity contribution in [3.63, 3.8) is 0 Å². The number of halogens is 2. The van der Waals surface area contributed by atoms with Crippen LogP contribution in [0.2, 0.25) is 5.02 Å². The van der Waals surface area contributed by atoms with Crippen molar-refractivity contribution in [2.24, 2.45) is 5.41 Å². The molecular formula is C14H19ClFNO. The van der Waals surface area contributed by atoms with Crippen molar-refractivity contribution in [3.8, 4) is 0 Å². The smallest absolute Gasteiger partial charge is 0.147 e. The molecule has 1 saturated carbocycles. The molecule has 2 nitrogen and oxygen atoms in total. The van der Waals surface area contributed by atoms with Crippen LogP contribution in [0.15, 0.2) is 18.2 Å². The average molecular weight is 272 g/mol. The average Bonchev–Trinajstić information content (AvgIpc) is 2.30. The van der Waals surface area contributed by atoms with Gasteiger partial charge in [-0.15, -0.1) is 0 Å². The molecule has 0 saturated heterocycles. The summed E-state index contributed by atoms with van der Waals surface area (Å²) < 4.78 is 19.3. The van der Waals surface area contributed by atoms with E-state index in [1.165, 1.54) is 6.07 Å². The minimum atomic E-state index is -0.307. The maximum absolute atomic E-state index is 13.7. The standard InChI is InChI=1S/C14H19ClFNO/c1-4-18-13-8-12(14(13,2)3)17-11-6-5-9(15)7-10(11)16/h5-7,12-13,17H,4,8H2,1-3H3. The lowest BCUT2D eigenvalue weighted by Gasteiger charge is -2.52. The van der Waals surface area contributed by atoms with Crippen LogP contribution < -0.4 is 5.32 Å². The van der Waals surface area contributed by atoms with Crippen LogP contribution in [-0.2, 0) is 4.74 Å². The van der Waals surface area contributed by atoms with Crippen LogP contribution in [0.25, 0.3) is 0 Å². The van der Waals surface area contributed by atoms with Gasteiger partial charge in [-0.3, -0.25) is 0 Å². The van der Waals surface area contributed by atoms with Gasteiger partial charge in [-0.2, -0.15) is 0 Å². The van der Waals surface area contributed by atoms with Crippen LogP contribution in [0.5, 0.6) is 0 Å². The van der Waals surface area contributed by atoms with Crippen molar-refractivity contribution < 1.29 is 9.13 Å². The van der Waals surface area contributed by atoms with Gasteiger partial charge in [0, 0.05) is 23.1 Å². The summed E-state index contributed by atoms with van der Waals surface area (Å²) in [7, 11) is 0. The topological polar surface area (TPSA) is 21.3 Å². The Bertz CT molecular complexity index is 436. The zero-order valence-electron chi connectivity index (χ0n) is 11.0. The highest BCUT2D eigenvalue weighted by atomic mass is 35.5. The van der Waals surface area contributed by atoms with Crippen molar-refractivity contribution in [1.29, 1.82) is 0 Å². The summed E-state index contributed by atoms with van der Waals surface area (Å²) in [4.78, 5) is 0. The Morgan fingerprint density at radius 1 is 1.50 bits per heavy atom. The molecule has 1 aromatic rings. The molecule has 2 unspecified atom stereocenters. The van der Waals surface area contributed by atoms with E-state index in [1.54, 1.807) is 12.1 Å². The lowest BCUT2D eigenvalue weighted by Crippen LogP contribution is -2.58. The third-order valence-electron chi connectivity index (χ3n) is 3.81. The Morgan fingerprint density at radius 2 is 2.22 bits per heavy atom. The van der Waals surface area contributed by atoms with Gasteiger partial charge in [0.15, 0.2) is 0 Å². The minimum Gasteiger partial charge on any atom is -0.379 e. The highest BCUT2D eigenvalue weighted by Gasteiger charge is 2.49. The van der Waals surface area contributed by atoms with Gasteiger partial charge in [-0.1, -0.05) is 25.4 Å². The molecule has 1 aliphatic rings. The maximum Gasteiger partial charge on any atom is 0.147 e. The molecule has 2 atom stereocenters. The molecule has 4 heteroatoms. The lowest BCUT2D eigenvalue weighted by molar-refractivity contribution is -0.0976. The van der Waals surface area contributed by atoms with Crippen LogP contribution in [0.4, 0.5) is 10.1 Å². The molecule has 1 aliphatic carbocycles. The first-order valence-electron chi connectivity index (χ1n) is 6.28. The van der Waals surface area contributed by atoms with Crippen LogP contribution in [0.3, 0.4) is 0 Å². The van der Waals surface area contributed by atoms with Gasteiger partial charge in [-0.05, 0) is 31.5 Å². The Balaban J connectivity index is 2.03. The fraction of sp³-hybridized carbons (Fsp3) is 0.571. The van der Waals surface area contributed by atoms with Gasteiger partial charge in [-0.25, -0.2) is 4.39 Å². The van der Waals surface area contributed by atoms with Crippen LogP contribution >= 0.6 is 11.6 Å². The van der Waals surface area contributed by atoms with E-state index in [2.05, 4.69) is 19.2 Å². The molecule has 0 radical (unpaired) electrons. The van der Waals surface area contributed by atoms with Gasteiger partial charge >= 0.3 is 0 Å². The van der Waals surface area contributed by atoms with Crippen molar-refractivity contribution in [2.45, 2.75) is 39.3 Å². The summed E-state index contributed by atoms with van der Waals surface area (Å²) in [5.74, 6) is -0.307. The third-order valence-corrected chi connectivity index (χ3v) is 4.04. The molecule has 100 valence electrons. The van der Waals surface area contributed by atoms with Gasteiger partial charge in [0.25, 0.3) is 0 Å². The molecule has 0 bridgehead atoms. The third kappa shape index (κ3) is 2.47. The van der Waals surface area contributed by atoms with Crippen molar-refractivity contribution in [2.75, 3.05) is 11.9 Å². The molecule has 0 heterocycles. The number of nitrogens with one attached hydrogen (secondary N) is 1. The predicted octanol–water partition coefficient (Wildman–Crippen LogP) is 4.09. The monoisotopic (exact) mass is 271 g/mol. The number of anilines is 1. The molecule has 18 heavy (non-hydrogen) atoms. The molecule has 1 fully saturated rings. The number of hydrogen-bond donors (Lipinski definition) is 1. The van der Waals surface area contributed by atoms with Crippen molar-refractivity contribution in [3.05, 3.63) is 29.0 Å². The second-order valence-corrected chi connectivity index (χ2v) is 5.76. The molecule has 0 spiro atoms. The number of hydrogen-bond acceptors (Lipinski definition) is 2. The fourth-order valence-corrected chi connectivity index (χ4v) is 2.57. The minimum absolute atomic E-state index is 0.0160. The van der Waals surface area contributed by atoms with E-state index in [0.717, 1.165) is 13.0 Å². The summed E-state index contributed by atoms with van der Waals surface area (Å²) in [6.07, 6.45) is 1.15. The highest BCUT2D eigenvalue weighted by molar-refractivity contribution is 6.30. The first-order valence-corrected chi connectivity index (χ1v) is 6.66. The quantitative estimate of drug-likeness (QED) is 0.890. The largest absolute Gasteiger partial charge is 0.379 e. The zero-order valence-corrected chi connectivity index (χ0v) is 11.7. The van der Waals surface area contributed by atoms with Crippen molar-refractivity contribution >= 4 is 17.3 Å². The summed E-state index contributed by atoms with van der Waals surface area (Å²) >= 11 is 5.73. The SMILES string of the molecule is CCOC1CC(Nc2ccc(Cl)cc2F)C1(C)C. The zero-order chi connectivity index (χ0) is 13.3. The van der Waals surface area contributed by atoms with Crippen LogP contribution in [-0.4, -0.2) is 18.8 Å². The predicted molar refractivity (Wildman–Crippen MR) is 72.6 cm³/mol. The maximum atomic E-state index is 13.7. The molecule has 1 N–H and O–H groups in total. The number of ether oxygens (including phenoxy) is 1. The second kappa shape index (κ2) is 5.06. The Hall–Kier alpha value is -0.800.